The normalized spacial score (nSPS) is 13.2. The van der Waals surface area contributed by atoms with Crippen LogP contribution < -0.4 is 5.73 Å². The Morgan fingerprint density at radius 3 is 2.92 bits per heavy atom. The maximum atomic E-state index is 5.58. The smallest absolute Gasteiger partial charge is 0.228 e. The average molecular weight is 169 g/mol. The van der Waals surface area contributed by atoms with E-state index in [2.05, 4.69) is 17.1 Å². The first-order valence-corrected chi connectivity index (χ1v) is 4.29. The molecule has 68 valence electrons. The van der Waals surface area contributed by atoms with Gasteiger partial charge in [-0.2, -0.15) is 4.98 Å². The average Bonchev–Trinajstić information content (AvgIpc) is 2.36. The van der Waals surface area contributed by atoms with E-state index in [1.54, 1.807) is 0 Å². The van der Waals surface area contributed by atoms with Crippen molar-refractivity contribution < 1.29 is 4.52 Å². The largest absolute Gasteiger partial charge is 0.339 e. The van der Waals surface area contributed by atoms with Crippen LogP contribution in [0.1, 0.15) is 32.0 Å². The first kappa shape index (κ1) is 9.19. The number of nitrogens with zero attached hydrogens (tertiary/aromatic N) is 2. The summed E-state index contributed by atoms with van der Waals surface area (Å²) in [6, 6.07) is 0.0833. The molecular formula is C8H15N3O. The highest BCUT2D eigenvalue weighted by molar-refractivity contribution is 4.87. The topological polar surface area (TPSA) is 64.9 Å². The first-order valence-electron chi connectivity index (χ1n) is 4.29. The van der Waals surface area contributed by atoms with E-state index in [1.807, 2.05) is 6.92 Å². The number of hydrogen-bond acceptors (Lipinski definition) is 4. The van der Waals surface area contributed by atoms with Gasteiger partial charge in [-0.05, 0) is 13.3 Å². The van der Waals surface area contributed by atoms with Gasteiger partial charge in [-0.25, -0.2) is 0 Å². The van der Waals surface area contributed by atoms with Crippen molar-refractivity contribution in [2.75, 3.05) is 0 Å². The van der Waals surface area contributed by atoms with Gasteiger partial charge in [-0.3, -0.25) is 0 Å². The van der Waals surface area contributed by atoms with Crippen LogP contribution >= 0.6 is 0 Å². The van der Waals surface area contributed by atoms with Gasteiger partial charge in [-0.1, -0.05) is 12.1 Å². The van der Waals surface area contributed by atoms with Crippen LogP contribution in [-0.4, -0.2) is 16.2 Å². The molecule has 0 spiro atoms. The van der Waals surface area contributed by atoms with Crippen LogP contribution in [0.15, 0.2) is 4.52 Å². The fraction of sp³-hybridized carbons (Fsp3) is 0.750. The minimum atomic E-state index is 0.0833. The molecule has 1 aromatic rings. The van der Waals surface area contributed by atoms with Gasteiger partial charge >= 0.3 is 0 Å². The molecule has 2 N–H and O–H groups in total. The summed E-state index contributed by atoms with van der Waals surface area (Å²) in [4.78, 5) is 4.18. The standard InChI is InChI=1S/C8H15N3O/c1-3-4-7-10-8(12-11-7)5-6(2)9/h6H,3-5,9H2,1-2H3. The maximum absolute atomic E-state index is 5.58. The summed E-state index contributed by atoms with van der Waals surface area (Å²) in [6.07, 6.45) is 2.58. The summed E-state index contributed by atoms with van der Waals surface area (Å²) in [5, 5.41) is 3.82. The summed E-state index contributed by atoms with van der Waals surface area (Å²) in [5.74, 6) is 1.43. The lowest BCUT2D eigenvalue weighted by Gasteiger charge is -1.96. The Morgan fingerprint density at radius 1 is 1.58 bits per heavy atom. The Morgan fingerprint density at radius 2 is 2.33 bits per heavy atom. The lowest BCUT2D eigenvalue weighted by atomic mass is 10.2. The zero-order valence-electron chi connectivity index (χ0n) is 7.58. The van der Waals surface area contributed by atoms with Crippen LogP contribution in [-0.2, 0) is 12.8 Å². The second-order valence-electron chi connectivity index (χ2n) is 3.04. The Balaban J connectivity index is 2.52. The number of aromatic nitrogens is 2. The molecular weight excluding hydrogens is 154 g/mol. The maximum Gasteiger partial charge on any atom is 0.228 e. The predicted molar refractivity (Wildman–Crippen MR) is 45.6 cm³/mol. The Hall–Kier alpha value is -0.900. The second-order valence-corrected chi connectivity index (χ2v) is 3.04. The van der Waals surface area contributed by atoms with Crippen LogP contribution in [0.5, 0.6) is 0 Å². The molecule has 4 nitrogen and oxygen atoms in total. The van der Waals surface area contributed by atoms with Gasteiger partial charge in [0.15, 0.2) is 5.82 Å². The molecule has 4 heteroatoms. The van der Waals surface area contributed by atoms with Crippen molar-refractivity contribution in [2.45, 2.75) is 39.2 Å². The molecule has 0 radical (unpaired) electrons. The molecule has 0 saturated carbocycles. The Labute approximate surface area is 72.1 Å². The molecule has 0 aliphatic carbocycles. The van der Waals surface area contributed by atoms with Gasteiger partial charge in [0.2, 0.25) is 5.89 Å². The minimum Gasteiger partial charge on any atom is -0.339 e. The highest BCUT2D eigenvalue weighted by Crippen LogP contribution is 2.01. The predicted octanol–water partition coefficient (Wildman–Crippen LogP) is 0.912. The van der Waals surface area contributed by atoms with E-state index in [1.165, 1.54) is 0 Å². The molecule has 0 fully saturated rings. The summed E-state index contributed by atoms with van der Waals surface area (Å²) in [6.45, 7) is 4.01. The van der Waals surface area contributed by atoms with Crippen LogP contribution in [0.3, 0.4) is 0 Å². The summed E-state index contributed by atoms with van der Waals surface area (Å²) in [7, 11) is 0. The van der Waals surface area contributed by atoms with Crippen molar-refractivity contribution in [3.63, 3.8) is 0 Å². The fourth-order valence-electron chi connectivity index (χ4n) is 0.974. The third-order valence-electron chi connectivity index (χ3n) is 1.48. The molecule has 0 aliphatic rings. The number of aryl methyl sites for hydroxylation is 1. The van der Waals surface area contributed by atoms with Gasteiger partial charge in [0.05, 0.1) is 0 Å². The first-order chi connectivity index (χ1) is 5.72. The lowest BCUT2D eigenvalue weighted by Crippen LogP contribution is -2.17. The SMILES string of the molecule is CCCc1noc(CC(C)N)n1. The van der Waals surface area contributed by atoms with Crippen molar-refractivity contribution in [2.24, 2.45) is 5.73 Å². The molecule has 0 bridgehead atoms. The molecule has 0 amide bonds. The molecule has 1 aromatic heterocycles. The zero-order valence-corrected chi connectivity index (χ0v) is 7.58. The van der Waals surface area contributed by atoms with E-state index < -0.39 is 0 Å². The summed E-state index contributed by atoms with van der Waals surface area (Å²) < 4.78 is 4.99. The molecule has 0 aliphatic heterocycles. The molecule has 1 atom stereocenters. The van der Waals surface area contributed by atoms with Gasteiger partial charge in [0.1, 0.15) is 0 Å². The Kier molecular flexibility index (Phi) is 3.22. The summed E-state index contributed by atoms with van der Waals surface area (Å²) >= 11 is 0. The molecule has 0 saturated heterocycles. The van der Waals surface area contributed by atoms with Crippen molar-refractivity contribution in [3.8, 4) is 0 Å². The minimum absolute atomic E-state index is 0.0833. The van der Waals surface area contributed by atoms with Crippen molar-refractivity contribution in [3.05, 3.63) is 11.7 Å². The number of rotatable bonds is 4. The van der Waals surface area contributed by atoms with Crippen molar-refractivity contribution in [1.29, 1.82) is 0 Å². The van der Waals surface area contributed by atoms with Gasteiger partial charge in [-0.15, -0.1) is 0 Å². The van der Waals surface area contributed by atoms with E-state index in [0.717, 1.165) is 18.7 Å². The summed E-state index contributed by atoms with van der Waals surface area (Å²) in [5.41, 5.74) is 5.58. The second kappa shape index (κ2) is 4.21. The van der Waals surface area contributed by atoms with Crippen molar-refractivity contribution >= 4 is 0 Å². The number of nitrogens with two attached hydrogens (primary N) is 1. The lowest BCUT2D eigenvalue weighted by molar-refractivity contribution is 0.366. The van der Waals surface area contributed by atoms with Crippen LogP contribution in [0.25, 0.3) is 0 Å². The van der Waals surface area contributed by atoms with Crippen LogP contribution in [0, 0.1) is 0 Å². The van der Waals surface area contributed by atoms with E-state index in [-0.39, 0.29) is 6.04 Å². The quantitative estimate of drug-likeness (QED) is 0.727. The monoisotopic (exact) mass is 169 g/mol. The molecule has 1 rings (SSSR count). The molecule has 0 aromatic carbocycles. The van der Waals surface area contributed by atoms with Crippen LogP contribution in [0.2, 0.25) is 0 Å². The van der Waals surface area contributed by atoms with Gasteiger partial charge in [0.25, 0.3) is 0 Å². The van der Waals surface area contributed by atoms with E-state index in [0.29, 0.717) is 12.3 Å². The van der Waals surface area contributed by atoms with E-state index in [4.69, 9.17) is 10.3 Å². The van der Waals surface area contributed by atoms with Gasteiger partial charge in [0, 0.05) is 18.9 Å². The fourth-order valence-corrected chi connectivity index (χ4v) is 0.974. The Bertz CT molecular complexity index is 232. The van der Waals surface area contributed by atoms with Gasteiger partial charge < -0.3 is 10.3 Å². The molecule has 1 heterocycles. The highest BCUT2D eigenvalue weighted by Gasteiger charge is 2.06. The number of hydrogen-bond donors (Lipinski definition) is 1. The third kappa shape index (κ3) is 2.62. The highest BCUT2D eigenvalue weighted by atomic mass is 16.5. The van der Waals surface area contributed by atoms with Crippen molar-refractivity contribution in [1.82, 2.24) is 10.1 Å². The molecule has 1 unspecified atom stereocenters. The van der Waals surface area contributed by atoms with E-state index >= 15 is 0 Å². The van der Waals surface area contributed by atoms with E-state index in [9.17, 15) is 0 Å². The van der Waals surface area contributed by atoms with Crippen LogP contribution in [0.4, 0.5) is 0 Å². The molecule has 12 heavy (non-hydrogen) atoms. The third-order valence-corrected chi connectivity index (χ3v) is 1.48. The zero-order chi connectivity index (χ0) is 8.97.